The zero-order valence-corrected chi connectivity index (χ0v) is 15.8. The van der Waals surface area contributed by atoms with E-state index in [1.807, 2.05) is 59.2 Å². The van der Waals surface area contributed by atoms with Crippen molar-refractivity contribution in [3.63, 3.8) is 0 Å². The summed E-state index contributed by atoms with van der Waals surface area (Å²) >= 11 is 7.55. The molecular weight excluding hydrogens is 381 g/mol. The number of para-hydroxylation sites is 1. The molecular formula is C21H15ClFN3S. The van der Waals surface area contributed by atoms with Crippen LogP contribution in [0, 0.1) is 5.82 Å². The second-order valence-electron chi connectivity index (χ2n) is 5.90. The van der Waals surface area contributed by atoms with Gasteiger partial charge in [-0.15, -0.1) is 10.2 Å². The Morgan fingerprint density at radius 3 is 2.26 bits per heavy atom. The molecule has 6 heteroatoms. The summed E-state index contributed by atoms with van der Waals surface area (Å²) in [6, 6.07) is 24.0. The van der Waals surface area contributed by atoms with Crippen LogP contribution in [0.25, 0.3) is 17.1 Å². The van der Waals surface area contributed by atoms with Crippen molar-refractivity contribution in [2.24, 2.45) is 0 Å². The van der Waals surface area contributed by atoms with Crippen LogP contribution in [0.1, 0.15) is 5.56 Å². The van der Waals surface area contributed by atoms with Gasteiger partial charge in [0.1, 0.15) is 5.82 Å². The van der Waals surface area contributed by atoms with Crippen molar-refractivity contribution in [3.05, 3.63) is 95.3 Å². The highest BCUT2D eigenvalue weighted by Gasteiger charge is 2.16. The zero-order valence-electron chi connectivity index (χ0n) is 14.2. The van der Waals surface area contributed by atoms with Gasteiger partial charge in [-0.2, -0.15) is 0 Å². The van der Waals surface area contributed by atoms with Crippen LogP contribution < -0.4 is 0 Å². The van der Waals surface area contributed by atoms with Gasteiger partial charge < -0.3 is 0 Å². The number of nitrogens with zero attached hydrogens (tertiary/aromatic N) is 3. The van der Waals surface area contributed by atoms with Crippen molar-refractivity contribution < 1.29 is 4.39 Å². The zero-order chi connectivity index (χ0) is 18.6. The molecule has 1 heterocycles. The number of halogens is 2. The van der Waals surface area contributed by atoms with Crippen molar-refractivity contribution >= 4 is 23.4 Å². The predicted molar refractivity (Wildman–Crippen MR) is 108 cm³/mol. The molecule has 0 aliphatic heterocycles. The van der Waals surface area contributed by atoms with Gasteiger partial charge in [0.2, 0.25) is 0 Å². The minimum Gasteiger partial charge on any atom is -0.270 e. The molecule has 134 valence electrons. The van der Waals surface area contributed by atoms with Gasteiger partial charge in [-0.05, 0) is 54.1 Å². The summed E-state index contributed by atoms with van der Waals surface area (Å²) in [4.78, 5) is 0. The average molecular weight is 396 g/mol. The van der Waals surface area contributed by atoms with Crippen molar-refractivity contribution in [1.29, 1.82) is 0 Å². The lowest BCUT2D eigenvalue weighted by Gasteiger charge is -2.10. The number of benzene rings is 3. The molecule has 0 saturated carbocycles. The highest BCUT2D eigenvalue weighted by Crippen LogP contribution is 2.30. The predicted octanol–water partition coefficient (Wildman–Crippen LogP) is 6.02. The lowest BCUT2D eigenvalue weighted by molar-refractivity contribution is 0.628. The Morgan fingerprint density at radius 2 is 1.56 bits per heavy atom. The van der Waals surface area contributed by atoms with Crippen LogP contribution in [-0.4, -0.2) is 14.8 Å². The summed E-state index contributed by atoms with van der Waals surface area (Å²) in [5.74, 6) is 1.15. The minimum atomic E-state index is -0.276. The fourth-order valence-electron chi connectivity index (χ4n) is 2.69. The lowest BCUT2D eigenvalue weighted by Crippen LogP contribution is -1.99. The molecule has 1 aromatic heterocycles. The Morgan fingerprint density at radius 1 is 0.852 bits per heavy atom. The van der Waals surface area contributed by atoms with Crippen molar-refractivity contribution in [2.45, 2.75) is 10.9 Å². The van der Waals surface area contributed by atoms with Crippen LogP contribution in [-0.2, 0) is 5.75 Å². The maximum absolute atomic E-state index is 13.3. The Labute approximate surface area is 165 Å². The van der Waals surface area contributed by atoms with Crippen LogP contribution >= 0.6 is 23.4 Å². The normalized spacial score (nSPS) is 10.9. The van der Waals surface area contributed by atoms with Crippen LogP contribution in [0.3, 0.4) is 0 Å². The summed E-state index contributed by atoms with van der Waals surface area (Å²) < 4.78 is 15.3. The van der Waals surface area contributed by atoms with Gasteiger partial charge in [-0.3, -0.25) is 4.57 Å². The van der Waals surface area contributed by atoms with Gasteiger partial charge in [0.15, 0.2) is 11.0 Å². The molecule has 0 bridgehead atoms. The first-order valence-corrected chi connectivity index (χ1v) is 9.71. The smallest absolute Gasteiger partial charge is 0.196 e. The topological polar surface area (TPSA) is 30.7 Å². The van der Waals surface area contributed by atoms with Crippen LogP contribution in [0.15, 0.2) is 84.0 Å². The molecule has 0 amide bonds. The van der Waals surface area contributed by atoms with Gasteiger partial charge in [0.25, 0.3) is 0 Å². The van der Waals surface area contributed by atoms with E-state index in [0.29, 0.717) is 5.82 Å². The van der Waals surface area contributed by atoms with Gasteiger partial charge >= 0.3 is 0 Å². The fourth-order valence-corrected chi connectivity index (χ4v) is 3.72. The molecule has 0 aliphatic rings. The third-order valence-corrected chi connectivity index (χ3v) is 5.28. The number of hydrogen-bond acceptors (Lipinski definition) is 3. The second kappa shape index (κ2) is 7.94. The highest BCUT2D eigenvalue weighted by atomic mass is 35.5. The van der Waals surface area contributed by atoms with E-state index in [-0.39, 0.29) is 5.82 Å². The number of thioether (sulfide) groups is 1. The van der Waals surface area contributed by atoms with Crippen LogP contribution in [0.5, 0.6) is 0 Å². The first-order valence-electron chi connectivity index (χ1n) is 8.35. The van der Waals surface area contributed by atoms with E-state index in [1.54, 1.807) is 23.9 Å². The first kappa shape index (κ1) is 17.8. The molecule has 0 atom stereocenters. The Kier molecular flexibility index (Phi) is 5.23. The number of aromatic nitrogens is 3. The van der Waals surface area contributed by atoms with E-state index in [4.69, 9.17) is 11.6 Å². The summed E-state index contributed by atoms with van der Waals surface area (Å²) in [5, 5.41) is 10.2. The van der Waals surface area contributed by atoms with E-state index >= 15 is 0 Å². The summed E-state index contributed by atoms with van der Waals surface area (Å²) in [6.45, 7) is 0. The first-order chi connectivity index (χ1) is 13.2. The number of rotatable bonds is 5. The molecule has 3 aromatic carbocycles. The largest absolute Gasteiger partial charge is 0.270 e. The molecule has 0 aliphatic carbocycles. The molecule has 3 nitrogen and oxygen atoms in total. The van der Waals surface area contributed by atoms with Crippen molar-refractivity contribution in [2.75, 3.05) is 0 Å². The molecule has 0 fully saturated rings. The molecule has 0 spiro atoms. The van der Waals surface area contributed by atoms with Crippen molar-refractivity contribution in [1.82, 2.24) is 14.8 Å². The third kappa shape index (κ3) is 4.04. The molecule has 4 aromatic rings. The maximum atomic E-state index is 13.3. The standard InChI is InChI=1S/C21H15ClFN3S/c22-17-10-6-15(7-11-17)14-27-21-25-24-20(16-8-12-18(23)13-9-16)26(21)19-4-2-1-3-5-19/h1-13H,14H2. The van der Waals surface area contributed by atoms with Gasteiger partial charge in [-0.25, -0.2) is 4.39 Å². The van der Waals surface area contributed by atoms with Crippen LogP contribution in [0.2, 0.25) is 5.02 Å². The van der Waals surface area contributed by atoms with E-state index in [1.165, 1.54) is 12.1 Å². The average Bonchev–Trinajstić information content (AvgIpc) is 3.13. The molecule has 0 saturated heterocycles. The summed E-state index contributed by atoms with van der Waals surface area (Å²) in [5.41, 5.74) is 2.92. The van der Waals surface area contributed by atoms with E-state index < -0.39 is 0 Å². The quantitative estimate of drug-likeness (QED) is 0.387. The minimum absolute atomic E-state index is 0.276. The Bertz CT molecular complexity index is 1030. The number of hydrogen-bond donors (Lipinski definition) is 0. The molecule has 0 unspecified atom stereocenters. The SMILES string of the molecule is Fc1ccc(-c2nnc(SCc3ccc(Cl)cc3)n2-c2ccccc2)cc1. The van der Waals surface area contributed by atoms with Gasteiger partial charge in [0, 0.05) is 22.0 Å². The van der Waals surface area contributed by atoms with Gasteiger partial charge in [0.05, 0.1) is 0 Å². The van der Waals surface area contributed by atoms with E-state index in [9.17, 15) is 4.39 Å². The molecule has 0 radical (unpaired) electrons. The molecule has 4 rings (SSSR count). The third-order valence-electron chi connectivity index (χ3n) is 4.03. The molecule has 27 heavy (non-hydrogen) atoms. The second-order valence-corrected chi connectivity index (χ2v) is 7.28. The van der Waals surface area contributed by atoms with E-state index in [0.717, 1.165) is 32.7 Å². The Balaban J connectivity index is 1.71. The molecule has 0 N–H and O–H groups in total. The van der Waals surface area contributed by atoms with Crippen LogP contribution in [0.4, 0.5) is 4.39 Å². The summed E-state index contributed by atoms with van der Waals surface area (Å²) in [6.07, 6.45) is 0. The fraction of sp³-hybridized carbons (Fsp3) is 0.0476. The Hall–Kier alpha value is -2.63. The van der Waals surface area contributed by atoms with Gasteiger partial charge in [-0.1, -0.05) is 53.7 Å². The van der Waals surface area contributed by atoms with E-state index in [2.05, 4.69) is 10.2 Å². The van der Waals surface area contributed by atoms with Crippen molar-refractivity contribution in [3.8, 4) is 17.1 Å². The lowest BCUT2D eigenvalue weighted by atomic mass is 10.2. The highest BCUT2D eigenvalue weighted by molar-refractivity contribution is 7.98. The maximum Gasteiger partial charge on any atom is 0.196 e. The summed E-state index contributed by atoms with van der Waals surface area (Å²) in [7, 11) is 0. The monoisotopic (exact) mass is 395 g/mol.